The molecule has 7 heteroatoms. The molecular formula is C21H17N5O2. The summed E-state index contributed by atoms with van der Waals surface area (Å²) in [7, 11) is 1.61. The topological polar surface area (TPSA) is 89.0 Å². The molecule has 7 nitrogen and oxygen atoms in total. The maximum absolute atomic E-state index is 12.5. The molecule has 0 saturated carbocycles. The Balaban J connectivity index is 1.47. The Kier molecular flexibility index (Phi) is 4.79. The monoisotopic (exact) mass is 371 g/mol. The molecule has 4 rings (SSSR count). The number of aromatic nitrogens is 3. The van der Waals surface area contributed by atoms with Gasteiger partial charge < -0.3 is 15.4 Å². The van der Waals surface area contributed by atoms with Crippen LogP contribution in [0.5, 0.6) is 5.75 Å². The van der Waals surface area contributed by atoms with Crippen LogP contribution in [0.4, 0.5) is 17.3 Å². The fourth-order valence-corrected chi connectivity index (χ4v) is 2.71. The highest BCUT2D eigenvalue weighted by Crippen LogP contribution is 2.21. The zero-order valence-corrected chi connectivity index (χ0v) is 15.1. The lowest BCUT2D eigenvalue weighted by Crippen LogP contribution is -2.13. The van der Waals surface area contributed by atoms with Crippen molar-refractivity contribution in [2.75, 3.05) is 17.7 Å². The number of amides is 1. The van der Waals surface area contributed by atoms with Gasteiger partial charge in [-0.25, -0.2) is 9.97 Å². The fraction of sp³-hybridized carbons (Fsp3) is 0.0476. The van der Waals surface area contributed by atoms with E-state index in [1.54, 1.807) is 13.3 Å². The van der Waals surface area contributed by atoms with Gasteiger partial charge in [-0.2, -0.15) is 0 Å². The summed E-state index contributed by atoms with van der Waals surface area (Å²) in [6.45, 7) is 0. The van der Waals surface area contributed by atoms with Crippen molar-refractivity contribution in [2.24, 2.45) is 0 Å². The molecule has 2 N–H and O–H groups in total. The van der Waals surface area contributed by atoms with E-state index in [9.17, 15) is 4.79 Å². The van der Waals surface area contributed by atoms with Gasteiger partial charge >= 0.3 is 0 Å². The van der Waals surface area contributed by atoms with Gasteiger partial charge in [0, 0.05) is 29.7 Å². The number of para-hydroxylation sites is 1. The average molecular weight is 371 g/mol. The SMILES string of the molecule is COc1ccc(Nc2ncc(C(=O)Nc3cccc4cccnc34)cn2)cc1. The largest absolute Gasteiger partial charge is 0.497 e. The van der Waals surface area contributed by atoms with Gasteiger partial charge in [0.2, 0.25) is 5.95 Å². The number of hydrogen-bond donors (Lipinski definition) is 2. The van der Waals surface area contributed by atoms with Crippen molar-refractivity contribution in [1.29, 1.82) is 0 Å². The molecule has 2 heterocycles. The Hall–Kier alpha value is -4.00. The van der Waals surface area contributed by atoms with E-state index in [2.05, 4.69) is 25.6 Å². The lowest BCUT2D eigenvalue weighted by molar-refractivity contribution is 0.102. The second-order valence-electron chi connectivity index (χ2n) is 5.98. The van der Waals surface area contributed by atoms with Crippen molar-refractivity contribution >= 4 is 34.1 Å². The zero-order chi connectivity index (χ0) is 19.3. The molecule has 0 spiro atoms. The van der Waals surface area contributed by atoms with Crippen LogP contribution in [0.15, 0.2) is 73.2 Å². The van der Waals surface area contributed by atoms with Crippen LogP contribution in [-0.4, -0.2) is 28.0 Å². The van der Waals surface area contributed by atoms with Crippen LogP contribution in [0.3, 0.4) is 0 Å². The van der Waals surface area contributed by atoms with Crippen LogP contribution in [0.1, 0.15) is 10.4 Å². The number of rotatable bonds is 5. The number of ether oxygens (including phenoxy) is 1. The Morgan fingerprint density at radius 1 is 0.929 bits per heavy atom. The second-order valence-corrected chi connectivity index (χ2v) is 5.98. The summed E-state index contributed by atoms with van der Waals surface area (Å²) in [5.74, 6) is 0.865. The predicted octanol–water partition coefficient (Wildman–Crippen LogP) is 4.03. The van der Waals surface area contributed by atoms with E-state index in [1.807, 2.05) is 54.6 Å². The van der Waals surface area contributed by atoms with Crippen molar-refractivity contribution in [3.63, 3.8) is 0 Å². The van der Waals surface area contributed by atoms with Crippen LogP contribution in [0.25, 0.3) is 10.9 Å². The Bertz CT molecular complexity index is 1110. The molecule has 0 unspecified atom stereocenters. The number of benzene rings is 2. The van der Waals surface area contributed by atoms with Crippen LogP contribution in [0.2, 0.25) is 0 Å². The van der Waals surface area contributed by atoms with Crippen molar-refractivity contribution in [2.45, 2.75) is 0 Å². The van der Waals surface area contributed by atoms with Gasteiger partial charge in [-0.05, 0) is 36.4 Å². The second kappa shape index (κ2) is 7.71. The first kappa shape index (κ1) is 17.4. The molecule has 0 atom stereocenters. The van der Waals surface area contributed by atoms with Gasteiger partial charge in [0.25, 0.3) is 5.91 Å². The van der Waals surface area contributed by atoms with Crippen molar-refractivity contribution in [1.82, 2.24) is 15.0 Å². The van der Waals surface area contributed by atoms with E-state index in [-0.39, 0.29) is 5.91 Å². The number of anilines is 3. The van der Waals surface area contributed by atoms with E-state index in [4.69, 9.17) is 4.74 Å². The number of methoxy groups -OCH3 is 1. The third-order valence-electron chi connectivity index (χ3n) is 4.14. The summed E-state index contributed by atoms with van der Waals surface area (Å²) in [6, 6.07) is 16.8. The molecule has 0 aliphatic rings. The Morgan fingerprint density at radius 3 is 2.43 bits per heavy atom. The summed E-state index contributed by atoms with van der Waals surface area (Å²) >= 11 is 0. The Labute approximate surface area is 161 Å². The zero-order valence-electron chi connectivity index (χ0n) is 15.1. The molecule has 138 valence electrons. The summed E-state index contributed by atoms with van der Waals surface area (Å²) < 4.78 is 5.13. The molecule has 4 aromatic rings. The smallest absolute Gasteiger partial charge is 0.258 e. The first-order valence-electron chi connectivity index (χ1n) is 8.61. The lowest BCUT2D eigenvalue weighted by Gasteiger charge is -2.09. The lowest BCUT2D eigenvalue weighted by atomic mass is 10.2. The average Bonchev–Trinajstić information content (AvgIpc) is 2.75. The molecule has 0 aliphatic heterocycles. The fourth-order valence-electron chi connectivity index (χ4n) is 2.71. The molecule has 2 aromatic heterocycles. The minimum atomic E-state index is -0.297. The molecule has 0 radical (unpaired) electrons. The summed E-state index contributed by atoms with van der Waals surface area (Å²) in [5.41, 5.74) is 2.55. The van der Waals surface area contributed by atoms with Gasteiger partial charge in [0.05, 0.1) is 23.9 Å². The van der Waals surface area contributed by atoms with Gasteiger partial charge in [0.15, 0.2) is 0 Å². The third kappa shape index (κ3) is 3.73. The van der Waals surface area contributed by atoms with Crippen molar-refractivity contribution in [3.05, 3.63) is 78.8 Å². The summed E-state index contributed by atoms with van der Waals surface area (Å²) in [4.78, 5) is 25.3. The number of pyridine rings is 1. The standard InChI is InChI=1S/C21H17N5O2/c1-28-17-9-7-16(8-10-17)25-21-23-12-15(13-24-21)20(27)26-18-6-2-4-14-5-3-11-22-19(14)18/h2-13H,1H3,(H,26,27)(H,23,24,25). The maximum Gasteiger partial charge on any atom is 0.258 e. The molecule has 0 fully saturated rings. The minimum absolute atomic E-state index is 0.297. The number of nitrogens with one attached hydrogen (secondary N) is 2. The quantitative estimate of drug-likeness (QED) is 0.551. The normalized spacial score (nSPS) is 10.5. The number of hydrogen-bond acceptors (Lipinski definition) is 6. The number of fused-ring (bicyclic) bond motifs is 1. The molecular weight excluding hydrogens is 354 g/mol. The van der Waals surface area contributed by atoms with Crippen LogP contribution >= 0.6 is 0 Å². The first-order chi connectivity index (χ1) is 13.7. The van der Waals surface area contributed by atoms with E-state index in [0.29, 0.717) is 17.2 Å². The molecule has 28 heavy (non-hydrogen) atoms. The summed E-state index contributed by atoms with van der Waals surface area (Å²) in [5, 5.41) is 6.90. The molecule has 0 bridgehead atoms. The van der Waals surface area contributed by atoms with Crippen LogP contribution in [-0.2, 0) is 0 Å². The third-order valence-corrected chi connectivity index (χ3v) is 4.14. The van der Waals surface area contributed by atoms with Crippen LogP contribution in [0, 0.1) is 0 Å². The predicted molar refractivity (Wildman–Crippen MR) is 108 cm³/mol. The maximum atomic E-state index is 12.5. The molecule has 0 aliphatic carbocycles. The van der Waals surface area contributed by atoms with Gasteiger partial charge in [-0.15, -0.1) is 0 Å². The number of carbonyl (C=O) groups is 1. The number of nitrogens with zero attached hydrogens (tertiary/aromatic N) is 3. The van der Waals surface area contributed by atoms with Crippen molar-refractivity contribution in [3.8, 4) is 5.75 Å². The summed E-state index contributed by atoms with van der Waals surface area (Å²) in [6.07, 6.45) is 4.65. The number of carbonyl (C=O) groups excluding carboxylic acids is 1. The van der Waals surface area contributed by atoms with E-state index in [1.165, 1.54) is 12.4 Å². The van der Waals surface area contributed by atoms with E-state index < -0.39 is 0 Å². The highest BCUT2D eigenvalue weighted by Gasteiger charge is 2.10. The molecule has 2 aromatic carbocycles. The van der Waals surface area contributed by atoms with E-state index in [0.717, 1.165) is 22.3 Å². The van der Waals surface area contributed by atoms with Gasteiger partial charge in [-0.1, -0.05) is 18.2 Å². The van der Waals surface area contributed by atoms with Crippen LogP contribution < -0.4 is 15.4 Å². The highest BCUT2D eigenvalue weighted by molar-refractivity contribution is 6.08. The minimum Gasteiger partial charge on any atom is -0.497 e. The highest BCUT2D eigenvalue weighted by atomic mass is 16.5. The van der Waals surface area contributed by atoms with Gasteiger partial charge in [0.1, 0.15) is 5.75 Å². The van der Waals surface area contributed by atoms with Crippen molar-refractivity contribution < 1.29 is 9.53 Å². The first-order valence-corrected chi connectivity index (χ1v) is 8.61. The van der Waals surface area contributed by atoms with E-state index >= 15 is 0 Å². The van der Waals surface area contributed by atoms with Gasteiger partial charge in [-0.3, -0.25) is 9.78 Å². The Morgan fingerprint density at radius 2 is 1.68 bits per heavy atom. The molecule has 1 amide bonds. The molecule has 0 saturated heterocycles.